The van der Waals surface area contributed by atoms with E-state index in [1.165, 1.54) is 16.7 Å². The Kier molecular flexibility index (Phi) is 6.71. The molecule has 1 saturated heterocycles. The predicted octanol–water partition coefficient (Wildman–Crippen LogP) is 1.30. The van der Waals surface area contributed by atoms with Gasteiger partial charge in [-0.15, -0.1) is 11.8 Å². The van der Waals surface area contributed by atoms with Crippen LogP contribution in [0.15, 0.2) is 71.9 Å². The van der Waals surface area contributed by atoms with E-state index in [0.29, 0.717) is 22.5 Å². The molecule has 0 aromatic heterocycles. The Hall–Kier alpha value is -3.63. The molecule has 0 aliphatic carbocycles. The fourth-order valence-electron chi connectivity index (χ4n) is 4.00. The number of carboxylic acid groups (broad SMARTS) is 1. The van der Waals surface area contributed by atoms with Crippen molar-refractivity contribution in [2.24, 2.45) is 5.73 Å². The molecule has 1 fully saturated rings. The van der Waals surface area contributed by atoms with Gasteiger partial charge in [0.25, 0.3) is 5.91 Å². The Balaban J connectivity index is 1.52. The molecule has 5 N–H and O–H groups in total. The van der Waals surface area contributed by atoms with E-state index in [1.54, 1.807) is 61.5 Å². The standard InChI is InChI=1S/C24H24N4O5S/c1-13-12-34-23-18(22(31)28(23)19(13)24(32)33)27-21(30)17(15-10-6-3-7-11-15)26-20(29)16(25)14-8-4-2-5-9-14/h2-11,16-18,23H,12,25H2,1H3,(H,26,29)(H,27,30)(H,32,33)/t16-,17-,18-,23-/m1/s1. The highest BCUT2D eigenvalue weighted by atomic mass is 32.2. The lowest BCUT2D eigenvalue weighted by Gasteiger charge is -2.49. The number of carbonyl (C=O) groups excluding carboxylic acids is 3. The molecule has 4 atom stereocenters. The highest BCUT2D eigenvalue weighted by molar-refractivity contribution is 8.00. The highest BCUT2D eigenvalue weighted by Gasteiger charge is 2.54. The second-order valence-electron chi connectivity index (χ2n) is 8.07. The van der Waals surface area contributed by atoms with Crippen LogP contribution in [-0.4, -0.2) is 50.9 Å². The first-order chi connectivity index (χ1) is 16.3. The van der Waals surface area contributed by atoms with Gasteiger partial charge in [0.1, 0.15) is 29.2 Å². The zero-order chi connectivity index (χ0) is 24.4. The van der Waals surface area contributed by atoms with Gasteiger partial charge in [0.2, 0.25) is 11.8 Å². The van der Waals surface area contributed by atoms with Crippen LogP contribution < -0.4 is 16.4 Å². The summed E-state index contributed by atoms with van der Waals surface area (Å²) in [5, 5.41) is 14.4. The summed E-state index contributed by atoms with van der Waals surface area (Å²) in [7, 11) is 0. The molecule has 0 radical (unpaired) electrons. The fourth-order valence-corrected chi connectivity index (χ4v) is 5.29. The number of carboxylic acids is 1. The second-order valence-corrected chi connectivity index (χ2v) is 9.18. The number of hydrogen-bond donors (Lipinski definition) is 4. The molecular formula is C24H24N4O5S. The van der Waals surface area contributed by atoms with Gasteiger partial charge in [-0.1, -0.05) is 60.7 Å². The number of nitrogens with zero attached hydrogens (tertiary/aromatic N) is 1. The van der Waals surface area contributed by atoms with E-state index in [2.05, 4.69) is 10.6 Å². The van der Waals surface area contributed by atoms with Gasteiger partial charge in [0, 0.05) is 5.75 Å². The quantitative estimate of drug-likeness (QED) is 0.438. The number of aliphatic carboxylic acids is 1. The molecule has 0 unspecified atom stereocenters. The maximum absolute atomic E-state index is 13.3. The van der Waals surface area contributed by atoms with E-state index in [9.17, 15) is 24.3 Å². The van der Waals surface area contributed by atoms with E-state index in [0.717, 1.165) is 0 Å². The minimum Gasteiger partial charge on any atom is -0.477 e. The molecule has 0 spiro atoms. The van der Waals surface area contributed by atoms with Crippen molar-refractivity contribution in [2.75, 3.05) is 5.75 Å². The fraction of sp³-hybridized carbons (Fsp3) is 0.250. The highest BCUT2D eigenvalue weighted by Crippen LogP contribution is 2.40. The number of nitrogens with two attached hydrogens (primary N) is 1. The van der Waals surface area contributed by atoms with Crippen molar-refractivity contribution in [3.63, 3.8) is 0 Å². The molecule has 2 aliphatic rings. The Morgan fingerprint density at radius 1 is 1.03 bits per heavy atom. The van der Waals surface area contributed by atoms with Crippen molar-refractivity contribution in [3.8, 4) is 0 Å². The number of nitrogens with one attached hydrogen (secondary N) is 2. The number of benzene rings is 2. The topological polar surface area (TPSA) is 142 Å². The Bertz CT molecular complexity index is 1150. The summed E-state index contributed by atoms with van der Waals surface area (Å²) in [6.07, 6.45) is 0. The van der Waals surface area contributed by atoms with Crippen molar-refractivity contribution >= 4 is 35.5 Å². The predicted molar refractivity (Wildman–Crippen MR) is 126 cm³/mol. The average molecular weight is 481 g/mol. The molecule has 2 heterocycles. The number of β-lactam (4-membered cyclic amide) rings is 1. The van der Waals surface area contributed by atoms with Crippen molar-refractivity contribution in [3.05, 3.63) is 83.1 Å². The largest absolute Gasteiger partial charge is 0.477 e. The summed E-state index contributed by atoms with van der Waals surface area (Å²) in [5.41, 5.74) is 7.77. The van der Waals surface area contributed by atoms with Crippen molar-refractivity contribution in [1.29, 1.82) is 0 Å². The molecule has 34 heavy (non-hydrogen) atoms. The van der Waals surface area contributed by atoms with Crippen LogP contribution >= 0.6 is 11.8 Å². The summed E-state index contributed by atoms with van der Waals surface area (Å²) >= 11 is 1.38. The van der Waals surface area contributed by atoms with Gasteiger partial charge in [0.05, 0.1) is 0 Å². The Morgan fingerprint density at radius 2 is 1.62 bits per heavy atom. The van der Waals surface area contributed by atoms with E-state index < -0.39 is 47.2 Å². The summed E-state index contributed by atoms with van der Waals surface area (Å²) in [4.78, 5) is 51.7. The number of rotatable bonds is 7. The van der Waals surface area contributed by atoms with Gasteiger partial charge in [-0.3, -0.25) is 19.3 Å². The first-order valence-corrected chi connectivity index (χ1v) is 11.7. The van der Waals surface area contributed by atoms with Crippen LogP contribution in [0, 0.1) is 0 Å². The lowest BCUT2D eigenvalue weighted by molar-refractivity contribution is -0.151. The first-order valence-electron chi connectivity index (χ1n) is 10.6. The molecule has 2 aromatic rings. The number of thioether (sulfide) groups is 1. The number of hydrogen-bond acceptors (Lipinski definition) is 6. The van der Waals surface area contributed by atoms with Gasteiger partial charge < -0.3 is 21.5 Å². The molecule has 3 amide bonds. The molecule has 0 bridgehead atoms. The van der Waals surface area contributed by atoms with Gasteiger partial charge in [-0.05, 0) is 23.6 Å². The van der Waals surface area contributed by atoms with Crippen LogP contribution in [0.1, 0.15) is 30.1 Å². The number of carbonyl (C=O) groups is 4. The molecule has 0 saturated carbocycles. The van der Waals surface area contributed by atoms with Crippen LogP contribution in [0.2, 0.25) is 0 Å². The average Bonchev–Trinajstić information content (AvgIpc) is 2.85. The zero-order valence-corrected chi connectivity index (χ0v) is 19.1. The summed E-state index contributed by atoms with van der Waals surface area (Å²) in [5.74, 6) is -2.36. The SMILES string of the molecule is CC1=C(C(=O)O)N2C(=O)[C@@H](NC(=O)[C@H](NC(=O)[C@H](N)c3ccccc3)c3ccccc3)[C@H]2SC1. The molecule has 10 heteroatoms. The van der Waals surface area contributed by atoms with Crippen LogP contribution in [0.4, 0.5) is 0 Å². The van der Waals surface area contributed by atoms with Crippen LogP contribution in [0.3, 0.4) is 0 Å². The Morgan fingerprint density at radius 3 is 2.21 bits per heavy atom. The maximum Gasteiger partial charge on any atom is 0.352 e. The lowest BCUT2D eigenvalue weighted by atomic mass is 10.0. The molecule has 176 valence electrons. The second kappa shape index (κ2) is 9.70. The third-order valence-corrected chi connectivity index (χ3v) is 7.21. The minimum atomic E-state index is -1.18. The van der Waals surface area contributed by atoms with E-state index in [4.69, 9.17) is 5.73 Å². The number of fused-ring (bicyclic) bond motifs is 1. The van der Waals surface area contributed by atoms with Gasteiger partial charge in [0.15, 0.2) is 0 Å². The summed E-state index contributed by atoms with van der Waals surface area (Å²) in [6.45, 7) is 1.67. The molecule has 2 aliphatic heterocycles. The summed E-state index contributed by atoms with van der Waals surface area (Å²) in [6, 6.07) is 14.4. The Labute approximate surface area is 200 Å². The normalized spacial score (nSPS) is 21.1. The number of amides is 3. The smallest absolute Gasteiger partial charge is 0.352 e. The third-order valence-electron chi connectivity index (χ3n) is 5.78. The first kappa shape index (κ1) is 23.5. The van der Waals surface area contributed by atoms with Gasteiger partial charge >= 0.3 is 5.97 Å². The van der Waals surface area contributed by atoms with Crippen LogP contribution in [0.5, 0.6) is 0 Å². The molecule has 2 aromatic carbocycles. The minimum absolute atomic E-state index is 0.0407. The van der Waals surface area contributed by atoms with Crippen molar-refractivity contribution < 1.29 is 24.3 Å². The van der Waals surface area contributed by atoms with Crippen LogP contribution in [-0.2, 0) is 19.2 Å². The molecule has 9 nitrogen and oxygen atoms in total. The monoisotopic (exact) mass is 480 g/mol. The summed E-state index contributed by atoms with van der Waals surface area (Å²) < 4.78 is 0. The zero-order valence-electron chi connectivity index (χ0n) is 18.3. The van der Waals surface area contributed by atoms with E-state index >= 15 is 0 Å². The lowest BCUT2D eigenvalue weighted by Crippen LogP contribution is -2.71. The molecule has 4 rings (SSSR count). The maximum atomic E-state index is 13.3. The van der Waals surface area contributed by atoms with Crippen LogP contribution in [0.25, 0.3) is 0 Å². The van der Waals surface area contributed by atoms with E-state index in [1.807, 2.05) is 6.07 Å². The van der Waals surface area contributed by atoms with Gasteiger partial charge in [-0.25, -0.2) is 4.79 Å². The van der Waals surface area contributed by atoms with Crippen molar-refractivity contribution in [2.45, 2.75) is 30.4 Å². The van der Waals surface area contributed by atoms with E-state index in [-0.39, 0.29) is 5.70 Å². The van der Waals surface area contributed by atoms with Crippen molar-refractivity contribution in [1.82, 2.24) is 15.5 Å². The molecular weight excluding hydrogens is 456 g/mol. The third kappa shape index (κ3) is 4.42. The van der Waals surface area contributed by atoms with Gasteiger partial charge in [-0.2, -0.15) is 0 Å².